The molecule has 6 nitrogen and oxygen atoms in total. The van der Waals surface area contributed by atoms with Gasteiger partial charge >= 0.3 is 5.97 Å². The van der Waals surface area contributed by atoms with E-state index in [9.17, 15) is 14.4 Å². The molecule has 1 aliphatic rings. The van der Waals surface area contributed by atoms with Crippen LogP contribution >= 0.6 is 0 Å². The van der Waals surface area contributed by atoms with Gasteiger partial charge in [0, 0.05) is 33.0 Å². The second-order valence-corrected chi connectivity index (χ2v) is 6.99. The van der Waals surface area contributed by atoms with Crippen LogP contribution in [0.2, 0.25) is 0 Å². The first-order chi connectivity index (χ1) is 14.0. The van der Waals surface area contributed by atoms with Gasteiger partial charge < -0.3 is 14.5 Å². The second kappa shape index (κ2) is 9.37. The Morgan fingerprint density at radius 3 is 2.45 bits per heavy atom. The van der Waals surface area contributed by atoms with Crippen LogP contribution in [0.4, 0.5) is 5.69 Å². The van der Waals surface area contributed by atoms with E-state index in [0.29, 0.717) is 24.3 Å². The lowest BCUT2D eigenvalue weighted by atomic mass is 10.00. The van der Waals surface area contributed by atoms with Crippen LogP contribution in [0.15, 0.2) is 48.5 Å². The lowest BCUT2D eigenvalue weighted by Gasteiger charge is -2.30. The summed E-state index contributed by atoms with van der Waals surface area (Å²) >= 11 is 0. The highest BCUT2D eigenvalue weighted by atomic mass is 16.5. The molecule has 0 unspecified atom stereocenters. The van der Waals surface area contributed by atoms with E-state index in [0.717, 1.165) is 6.42 Å². The van der Waals surface area contributed by atoms with Crippen LogP contribution < -0.4 is 4.90 Å². The molecule has 1 heterocycles. The van der Waals surface area contributed by atoms with Gasteiger partial charge in [0.2, 0.25) is 11.8 Å². The third kappa shape index (κ3) is 4.83. The summed E-state index contributed by atoms with van der Waals surface area (Å²) in [4.78, 5) is 40.6. The Labute approximate surface area is 171 Å². The van der Waals surface area contributed by atoms with Crippen molar-refractivity contribution in [1.82, 2.24) is 4.90 Å². The van der Waals surface area contributed by atoms with E-state index in [1.54, 1.807) is 31.2 Å². The number of nitrogens with zero attached hydrogens (tertiary/aromatic N) is 2. The number of hydrogen-bond acceptors (Lipinski definition) is 4. The van der Waals surface area contributed by atoms with Gasteiger partial charge in [0.15, 0.2) is 0 Å². The molecule has 1 aliphatic heterocycles. The number of anilines is 1. The van der Waals surface area contributed by atoms with Crippen molar-refractivity contribution in [3.05, 3.63) is 65.2 Å². The first kappa shape index (κ1) is 20.6. The van der Waals surface area contributed by atoms with Crippen LogP contribution in [0.3, 0.4) is 0 Å². The number of carbonyl (C=O) groups excluding carboxylic acids is 3. The number of carbonyl (C=O) groups is 3. The fourth-order valence-corrected chi connectivity index (χ4v) is 3.61. The Kier molecular flexibility index (Phi) is 6.65. The molecule has 0 N–H and O–H groups in total. The fourth-order valence-electron chi connectivity index (χ4n) is 3.61. The molecule has 0 spiro atoms. The molecule has 2 aromatic carbocycles. The maximum atomic E-state index is 12.8. The minimum Gasteiger partial charge on any atom is -0.462 e. The predicted molar refractivity (Wildman–Crippen MR) is 111 cm³/mol. The zero-order valence-corrected chi connectivity index (χ0v) is 16.9. The third-order valence-electron chi connectivity index (χ3n) is 5.10. The molecule has 0 bridgehead atoms. The highest BCUT2D eigenvalue weighted by molar-refractivity contribution is 6.02. The molecule has 29 heavy (non-hydrogen) atoms. The van der Waals surface area contributed by atoms with Gasteiger partial charge in [-0.3, -0.25) is 9.59 Å². The number of esters is 1. The van der Waals surface area contributed by atoms with Crippen LogP contribution in [0.5, 0.6) is 0 Å². The zero-order chi connectivity index (χ0) is 20.8. The van der Waals surface area contributed by atoms with E-state index in [-0.39, 0.29) is 31.4 Å². The number of rotatable bonds is 6. The summed E-state index contributed by atoms with van der Waals surface area (Å²) < 4.78 is 5.10. The number of benzene rings is 2. The first-order valence-electron chi connectivity index (χ1n) is 9.90. The summed E-state index contributed by atoms with van der Waals surface area (Å²) in [5.41, 5.74) is 3.24. The Bertz CT molecular complexity index is 909. The van der Waals surface area contributed by atoms with Crippen molar-refractivity contribution in [2.45, 2.75) is 33.2 Å². The first-order valence-corrected chi connectivity index (χ1v) is 9.90. The molecule has 0 saturated heterocycles. The van der Waals surface area contributed by atoms with Crippen molar-refractivity contribution < 1.29 is 19.1 Å². The Hall–Kier alpha value is -3.15. The summed E-state index contributed by atoms with van der Waals surface area (Å²) in [5, 5.41) is 0. The summed E-state index contributed by atoms with van der Waals surface area (Å²) in [6.07, 6.45) is 1.03. The minimum absolute atomic E-state index is 0.000584. The van der Waals surface area contributed by atoms with E-state index in [1.165, 1.54) is 23.0 Å². The van der Waals surface area contributed by atoms with Crippen LogP contribution in [0.1, 0.15) is 41.8 Å². The molecular formula is C23H26N2O4. The molecule has 152 valence electrons. The number of fused-ring (bicyclic) bond motifs is 1. The van der Waals surface area contributed by atoms with E-state index in [4.69, 9.17) is 4.74 Å². The molecule has 2 aromatic rings. The number of hydrogen-bond donors (Lipinski definition) is 0. The van der Waals surface area contributed by atoms with Crippen LogP contribution in [-0.2, 0) is 27.3 Å². The van der Waals surface area contributed by atoms with Crippen LogP contribution in [0.25, 0.3) is 0 Å². The molecule has 2 amide bonds. The fraction of sp³-hybridized carbons (Fsp3) is 0.348. The second-order valence-electron chi connectivity index (χ2n) is 6.99. The molecule has 0 radical (unpaired) electrons. The lowest BCUT2D eigenvalue weighted by Crippen LogP contribution is -2.39. The van der Waals surface area contributed by atoms with Gasteiger partial charge in [-0.2, -0.15) is 0 Å². The van der Waals surface area contributed by atoms with Gasteiger partial charge in [0.1, 0.15) is 0 Å². The molecule has 0 aliphatic carbocycles. The molecule has 0 atom stereocenters. The third-order valence-corrected chi connectivity index (χ3v) is 5.10. The maximum Gasteiger partial charge on any atom is 0.340 e. The largest absolute Gasteiger partial charge is 0.462 e. The van der Waals surface area contributed by atoms with Crippen molar-refractivity contribution in [2.24, 2.45) is 0 Å². The Morgan fingerprint density at radius 1 is 1.03 bits per heavy atom. The maximum absolute atomic E-state index is 12.8. The average Bonchev–Trinajstić information content (AvgIpc) is 2.73. The predicted octanol–water partition coefficient (Wildman–Crippen LogP) is 3.19. The summed E-state index contributed by atoms with van der Waals surface area (Å²) in [5.74, 6) is -0.703. The van der Waals surface area contributed by atoms with Gasteiger partial charge in [-0.05, 0) is 36.6 Å². The van der Waals surface area contributed by atoms with Crippen LogP contribution in [0, 0.1) is 0 Å². The smallest absolute Gasteiger partial charge is 0.340 e. The Morgan fingerprint density at radius 2 is 1.72 bits per heavy atom. The van der Waals surface area contributed by atoms with Gasteiger partial charge in [0.05, 0.1) is 17.9 Å². The van der Waals surface area contributed by atoms with E-state index in [1.807, 2.05) is 23.1 Å². The zero-order valence-electron chi connectivity index (χ0n) is 16.9. The van der Waals surface area contributed by atoms with Gasteiger partial charge in [0.25, 0.3) is 0 Å². The SMILES string of the molecule is CCOC(=O)c1ccccc1N(CCC(=O)N1CCc2ccccc2C1)C(C)=O. The molecule has 0 fully saturated rings. The van der Waals surface area contributed by atoms with Gasteiger partial charge in [-0.1, -0.05) is 36.4 Å². The summed E-state index contributed by atoms with van der Waals surface area (Å²) in [6.45, 7) is 4.90. The highest BCUT2D eigenvalue weighted by Crippen LogP contribution is 2.23. The number of amides is 2. The summed E-state index contributed by atoms with van der Waals surface area (Å²) in [6, 6.07) is 15.0. The standard InChI is InChI=1S/C23H26N2O4/c1-3-29-23(28)20-10-6-7-11-21(20)25(17(2)26)15-13-22(27)24-14-12-18-8-4-5-9-19(18)16-24/h4-11H,3,12-16H2,1-2H3. The van der Waals surface area contributed by atoms with E-state index >= 15 is 0 Å². The van der Waals surface area contributed by atoms with Crippen LogP contribution in [-0.4, -0.2) is 42.4 Å². The van der Waals surface area contributed by atoms with Gasteiger partial charge in [-0.15, -0.1) is 0 Å². The molecule has 3 rings (SSSR count). The minimum atomic E-state index is -0.478. The average molecular weight is 394 g/mol. The normalized spacial score (nSPS) is 12.8. The molecule has 0 aromatic heterocycles. The monoisotopic (exact) mass is 394 g/mol. The summed E-state index contributed by atoms with van der Waals surface area (Å²) in [7, 11) is 0. The van der Waals surface area contributed by atoms with Crippen molar-refractivity contribution in [1.29, 1.82) is 0 Å². The quantitative estimate of drug-likeness (QED) is 0.706. The number of ether oxygens (including phenoxy) is 1. The van der Waals surface area contributed by atoms with Gasteiger partial charge in [-0.25, -0.2) is 4.79 Å². The topological polar surface area (TPSA) is 66.9 Å². The highest BCUT2D eigenvalue weighted by Gasteiger charge is 2.24. The van der Waals surface area contributed by atoms with Crippen molar-refractivity contribution in [3.63, 3.8) is 0 Å². The van der Waals surface area contributed by atoms with E-state index in [2.05, 4.69) is 6.07 Å². The van der Waals surface area contributed by atoms with Crippen molar-refractivity contribution in [3.8, 4) is 0 Å². The molecule has 6 heteroatoms. The van der Waals surface area contributed by atoms with Crippen molar-refractivity contribution in [2.75, 3.05) is 24.6 Å². The Balaban J connectivity index is 1.70. The van der Waals surface area contributed by atoms with E-state index < -0.39 is 5.97 Å². The number of para-hydroxylation sites is 1. The molecule has 0 saturated carbocycles. The van der Waals surface area contributed by atoms with Crippen molar-refractivity contribution >= 4 is 23.5 Å². The lowest BCUT2D eigenvalue weighted by molar-refractivity contribution is -0.131. The molecular weight excluding hydrogens is 368 g/mol.